The van der Waals surface area contributed by atoms with Crippen LogP contribution in [0, 0.1) is 0 Å². The van der Waals surface area contributed by atoms with Gasteiger partial charge in [-0.2, -0.15) is 0 Å². The summed E-state index contributed by atoms with van der Waals surface area (Å²) in [6.45, 7) is 0. The first-order valence-electron chi connectivity index (χ1n) is 7.43. The van der Waals surface area contributed by atoms with Crippen LogP contribution in [0.15, 0.2) is 54.6 Å². The molecule has 0 radical (unpaired) electrons. The highest BCUT2D eigenvalue weighted by Crippen LogP contribution is 2.19. The Hall–Kier alpha value is -2.37. The first-order chi connectivity index (χ1) is 11.5. The second kappa shape index (κ2) is 8.47. The van der Waals surface area contributed by atoms with Crippen LogP contribution in [0.25, 0.3) is 0 Å². The van der Waals surface area contributed by atoms with Crippen LogP contribution in [0.3, 0.4) is 0 Å². The van der Waals surface area contributed by atoms with Gasteiger partial charge in [-0.05, 0) is 17.2 Å². The quantitative estimate of drug-likeness (QED) is 0.806. The van der Waals surface area contributed by atoms with Crippen LogP contribution in [0.5, 0.6) is 0 Å². The van der Waals surface area contributed by atoms with Crippen LogP contribution in [0.1, 0.15) is 17.2 Å². The third kappa shape index (κ3) is 4.57. The second-order valence-corrected chi connectivity index (χ2v) is 5.69. The predicted molar refractivity (Wildman–Crippen MR) is 92.5 cm³/mol. The van der Waals surface area contributed by atoms with Gasteiger partial charge in [0.25, 0.3) is 5.91 Å². The Kier molecular flexibility index (Phi) is 6.35. The third-order valence-corrected chi connectivity index (χ3v) is 3.99. The fourth-order valence-corrected chi connectivity index (χ4v) is 2.59. The summed E-state index contributed by atoms with van der Waals surface area (Å²) in [6, 6.07) is 15.3. The van der Waals surface area contributed by atoms with E-state index in [0.717, 1.165) is 5.56 Å². The number of carbonyl (C=O) groups excluding carboxylic acids is 2. The molecule has 0 spiro atoms. The van der Waals surface area contributed by atoms with Crippen molar-refractivity contribution >= 4 is 23.4 Å². The van der Waals surface area contributed by atoms with Crippen LogP contribution in [0.2, 0.25) is 5.02 Å². The zero-order valence-electron chi connectivity index (χ0n) is 13.2. The fraction of sp³-hybridized carbons (Fsp3) is 0.222. The number of rotatable bonds is 7. The predicted octanol–water partition coefficient (Wildman–Crippen LogP) is 2.24. The van der Waals surface area contributed by atoms with Gasteiger partial charge in [0.1, 0.15) is 6.04 Å². The maximum Gasteiger partial charge on any atom is 0.254 e. The molecule has 0 heterocycles. The largest absolute Gasteiger partial charge is 0.368 e. The van der Waals surface area contributed by atoms with Gasteiger partial charge in [-0.25, -0.2) is 0 Å². The molecule has 0 aliphatic rings. The Bertz CT molecular complexity index is 706. The van der Waals surface area contributed by atoms with E-state index in [-0.39, 0.29) is 6.42 Å². The van der Waals surface area contributed by atoms with Gasteiger partial charge in [-0.1, -0.05) is 60.1 Å². The van der Waals surface area contributed by atoms with E-state index < -0.39 is 24.0 Å². The number of halogens is 1. The lowest BCUT2D eigenvalue weighted by molar-refractivity contribution is -0.134. The van der Waals surface area contributed by atoms with E-state index >= 15 is 0 Å². The molecule has 126 valence electrons. The summed E-state index contributed by atoms with van der Waals surface area (Å²) in [4.78, 5) is 24.2. The molecule has 2 rings (SSSR count). The number of amides is 2. The Morgan fingerprint density at radius 1 is 1.12 bits per heavy atom. The lowest BCUT2D eigenvalue weighted by Gasteiger charge is -2.20. The monoisotopic (exact) mass is 346 g/mol. The van der Waals surface area contributed by atoms with Gasteiger partial charge >= 0.3 is 0 Å². The average molecular weight is 347 g/mol. The van der Waals surface area contributed by atoms with Crippen LogP contribution < -0.4 is 11.1 Å². The smallest absolute Gasteiger partial charge is 0.254 e. The molecule has 0 aliphatic carbocycles. The summed E-state index contributed by atoms with van der Waals surface area (Å²) in [7, 11) is 1.44. The second-order valence-electron chi connectivity index (χ2n) is 5.29. The van der Waals surface area contributed by atoms with Crippen molar-refractivity contribution in [3.63, 3.8) is 0 Å². The zero-order valence-corrected chi connectivity index (χ0v) is 14.0. The Labute approximate surface area is 145 Å². The molecule has 2 amide bonds. The van der Waals surface area contributed by atoms with E-state index in [4.69, 9.17) is 22.1 Å². The number of nitrogens with one attached hydrogen (secondary N) is 1. The van der Waals surface area contributed by atoms with Crippen LogP contribution in [-0.2, 0) is 20.7 Å². The highest BCUT2D eigenvalue weighted by Gasteiger charge is 2.26. The van der Waals surface area contributed by atoms with Crippen LogP contribution >= 0.6 is 11.6 Å². The maximum atomic E-state index is 12.5. The summed E-state index contributed by atoms with van der Waals surface area (Å²) >= 11 is 6.11. The highest BCUT2D eigenvalue weighted by molar-refractivity contribution is 6.31. The molecule has 0 saturated carbocycles. The summed E-state index contributed by atoms with van der Waals surface area (Å²) < 4.78 is 5.26. The van der Waals surface area contributed by atoms with Crippen LogP contribution in [0.4, 0.5) is 0 Å². The molecule has 0 unspecified atom stereocenters. The molecule has 2 atom stereocenters. The standard InChI is InChI=1S/C18H19ClN2O3/c1-24-16(12-7-3-2-4-8-12)18(23)21-15(17(20)22)11-13-9-5-6-10-14(13)19/h2-10,15-16H,11H2,1H3,(H2,20,22)(H,21,23)/t15-,16-/m0/s1. The zero-order chi connectivity index (χ0) is 17.5. The lowest BCUT2D eigenvalue weighted by atomic mass is 10.0. The molecular weight excluding hydrogens is 328 g/mol. The van der Waals surface area contributed by atoms with Crippen molar-refractivity contribution in [2.24, 2.45) is 5.73 Å². The molecule has 0 aliphatic heterocycles. The first kappa shape index (κ1) is 18.0. The number of hydrogen-bond acceptors (Lipinski definition) is 3. The minimum Gasteiger partial charge on any atom is -0.368 e. The number of hydrogen-bond donors (Lipinski definition) is 2. The summed E-state index contributed by atoms with van der Waals surface area (Å²) in [5.74, 6) is -1.06. The van der Waals surface area contributed by atoms with Crippen molar-refractivity contribution in [2.75, 3.05) is 7.11 Å². The summed E-state index contributed by atoms with van der Waals surface area (Å²) in [5, 5.41) is 3.16. The van der Waals surface area contributed by atoms with Gasteiger partial charge in [-0.3, -0.25) is 9.59 Å². The van der Waals surface area contributed by atoms with E-state index in [0.29, 0.717) is 10.6 Å². The molecule has 0 fully saturated rings. The summed E-state index contributed by atoms with van der Waals surface area (Å²) in [6.07, 6.45) is -0.606. The van der Waals surface area contributed by atoms with Crippen molar-refractivity contribution < 1.29 is 14.3 Å². The fourth-order valence-electron chi connectivity index (χ4n) is 2.38. The normalized spacial score (nSPS) is 13.1. The number of primary amides is 1. The molecule has 0 aromatic heterocycles. The van der Waals surface area contributed by atoms with E-state index in [9.17, 15) is 9.59 Å². The SMILES string of the molecule is CO[C@H](C(=O)N[C@@H](Cc1ccccc1Cl)C(N)=O)c1ccccc1. The molecule has 5 nitrogen and oxygen atoms in total. The molecule has 24 heavy (non-hydrogen) atoms. The third-order valence-electron chi connectivity index (χ3n) is 3.62. The number of methoxy groups -OCH3 is 1. The number of benzene rings is 2. The van der Waals surface area contributed by atoms with E-state index in [1.807, 2.05) is 24.3 Å². The average Bonchev–Trinajstić information content (AvgIpc) is 2.57. The maximum absolute atomic E-state index is 12.5. The van der Waals surface area contributed by atoms with Crippen molar-refractivity contribution in [3.05, 3.63) is 70.7 Å². The van der Waals surface area contributed by atoms with Gasteiger partial charge in [0.2, 0.25) is 5.91 Å². The van der Waals surface area contributed by atoms with Crippen molar-refractivity contribution in [3.8, 4) is 0 Å². The lowest BCUT2D eigenvalue weighted by Crippen LogP contribution is -2.47. The van der Waals surface area contributed by atoms with E-state index in [1.165, 1.54) is 7.11 Å². The highest BCUT2D eigenvalue weighted by atomic mass is 35.5. The van der Waals surface area contributed by atoms with Crippen molar-refractivity contribution in [2.45, 2.75) is 18.6 Å². The minimum absolute atomic E-state index is 0.214. The number of nitrogens with two attached hydrogens (primary N) is 1. The van der Waals surface area contributed by atoms with Gasteiger partial charge in [0, 0.05) is 18.6 Å². The Morgan fingerprint density at radius 2 is 1.75 bits per heavy atom. The van der Waals surface area contributed by atoms with Crippen LogP contribution in [-0.4, -0.2) is 25.0 Å². The topological polar surface area (TPSA) is 81.4 Å². The molecule has 0 bridgehead atoms. The van der Waals surface area contributed by atoms with E-state index in [1.54, 1.807) is 30.3 Å². The Morgan fingerprint density at radius 3 is 2.33 bits per heavy atom. The van der Waals surface area contributed by atoms with E-state index in [2.05, 4.69) is 5.32 Å². The Balaban J connectivity index is 2.13. The number of ether oxygens (including phenoxy) is 1. The van der Waals surface area contributed by atoms with Gasteiger partial charge in [0.05, 0.1) is 0 Å². The molecule has 2 aromatic rings. The van der Waals surface area contributed by atoms with Gasteiger partial charge in [0.15, 0.2) is 6.10 Å². The molecule has 6 heteroatoms. The van der Waals surface area contributed by atoms with Gasteiger partial charge < -0.3 is 15.8 Å². The molecule has 0 saturated heterocycles. The van der Waals surface area contributed by atoms with Crippen molar-refractivity contribution in [1.29, 1.82) is 0 Å². The van der Waals surface area contributed by atoms with Gasteiger partial charge in [-0.15, -0.1) is 0 Å². The first-order valence-corrected chi connectivity index (χ1v) is 7.81. The molecule has 2 aromatic carbocycles. The minimum atomic E-state index is -0.876. The molecule has 3 N–H and O–H groups in total. The summed E-state index contributed by atoms with van der Waals surface area (Å²) in [5.41, 5.74) is 6.85. The molecular formula is C18H19ClN2O3. The number of carbonyl (C=O) groups is 2. The van der Waals surface area contributed by atoms with Crippen molar-refractivity contribution in [1.82, 2.24) is 5.32 Å².